The largest absolute Gasteiger partial charge is 0.445 e. The molecule has 0 bridgehead atoms. The van der Waals surface area contributed by atoms with Crippen molar-refractivity contribution >= 4 is 29.8 Å². The quantitative estimate of drug-likeness (QED) is 0.213. The molecule has 0 aliphatic rings. The zero-order chi connectivity index (χ0) is 27.1. The first-order valence-corrected chi connectivity index (χ1v) is 12.4. The van der Waals surface area contributed by atoms with Crippen LogP contribution in [0.2, 0.25) is 5.02 Å². The summed E-state index contributed by atoms with van der Waals surface area (Å²) in [5, 5.41) is 7.47. The van der Waals surface area contributed by atoms with Crippen LogP contribution in [0.25, 0.3) is 5.69 Å². The Morgan fingerprint density at radius 2 is 1.95 bits per heavy atom. The summed E-state index contributed by atoms with van der Waals surface area (Å²) in [6.07, 6.45) is 4.15. The Bertz CT molecular complexity index is 1430. The SMILES string of the molecule is Cc1c(Cl)cccc1-n1c(C)cc(/C=N\NC(=O)[C@@H](Cc2cnc[nH]2)NC(=O)OCc2ccccc2)c1C. The number of alkyl carbamates (subject to hydrolysis) is 1. The van der Waals surface area contributed by atoms with E-state index in [1.165, 1.54) is 6.33 Å². The number of imidazole rings is 1. The van der Waals surface area contributed by atoms with Gasteiger partial charge < -0.3 is 19.6 Å². The van der Waals surface area contributed by atoms with Crippen LogP contribution in [0.1, 0.15) is 33.8 Å². The van der Waals surface area contributed by atoms with Gasteiger partial charge in [0.2, 0.25) is 0 Å². The Hall–Kier alpha value is -4.37. The van der Waals surface area contributed by atoms with Crippen molar-refractivity contribution < 1.29 is 14.3 Å². The average molecular weight is 533 g/mol. The van der Waals surface area contributed by atoms with Crippen molar-refractivity contribution in [2.75, 3.05) is 0 Å². The molecule has 4 rings (SSSR count). The number of carbonyl (C=O) groups is 2. The highest BCUT2D eigenvalue weighted by molar-refractivity contribution is 6.31. The summed E-state index contributed by atoms with van der Waals surface area (Å²) < 4.78 is 7.38. The molecule has 10 heteroatoms. The lowest BCUT2D eigenvalue weighted by Crippen LogP contribution is -2.47. The van der Waals surface area contributed by atoms with Gasteiger partial charge in [0.25, 0.3) is 5.91 Å². The van der Waals surface area contributed by atoms with Crippen LogP contribution >= 0.6 is 11.6 Å². The van der Waals surface area contributed by atoms with Crippen LogP contribution < -0.4 is 10.7 Å². The summed E-state index contributed by atoms with van der Waals surface area (Å²) >= 11 is 6.33. The molecule has 0 aliphatic carbocycles. The van der Waals surface area contributed by atoms with Gasteiger partial charge in [0.05, 0.1) is 12.5 Å². The van der Waals surface area contributed by atoms with Crippen LogP contribution in [-0.4, -0.2) is 38.8 Å². The molecule has 0 fully saturated rings. The third-order valence-corrected chi connectivity index (χ3v) is 6.54. The highest BCUT2D eigenvalue weighted by Crippen LogP contribution is 2.26. The first-order valence-electron chi connectivity index (χ1n) is 12.0. The third-order valence-electron chi connectivity index (χ3n) is 6.13. The molecule has 0 spiro atoms. The molecular weight excluding hydrogens is 504 g/mol. The van der Waals surface area contributed by atoms with Gasteiger partial charge in [-0.25, -0.2) is 15.2 Å². The Kier molecular flexibility index (Phi) is 8.60. The maximum atomic E-state index is 13.0. The minimum absolute atomic E-state index is 0.0882. The Morgan fingerprint density at radius 3 is 2.68 bits per heavy atom. The minimum atomic E-state index is -0.933. The molecule has 196 valence electrons. The van der Waals surface area contributed by atoms with Gasteiger partial charge in [-0.1, -0.05) is 48.0 Å². The number of amides is 2. The fourth-order valence-corrected chi connectivity index (χ4v) is 4.27. The highest BCUT2D eigenvalue weighted by atomic mass is 35.5. The highest BCUT2D eigenvalue weighted by Gasteiger charge is 2.23. The van der Waals surface area contributed by atoms with Crippen molar-refractivity contribution in [3.05, 3.63) is 106 Å². The van der Waals surface area contributed by atoms with Crippen LogP contribution in [-0.2, 0) is 22.6 Å². The number of ether oxygens (including phenoxy) is 1. The predicted octanol–water partition coefficient (Wildman–Crippen LogP) is 4.77. The Balaban J connectivity index is 1.44. The second-order valence-electron chi connectivity index (χ2n) is 8.82. The Labute approximate surface area is 225 Å². The van der Waals surface area contributed by atoms with Crippen molar-refractivity contribution in [3.63, 3.8) is 0 Å². The van der Waals surface area contributed by atoms with E-state index in [0.717, 1.165) is 33.8 Å². The predicted molar refractivity (Wildman–Crippen MR) is 147 cm³/mol. The summed E-state index contributed by atoms with van der Waals surface area (Å²) in [5.41, 5.74) is 8.79. The number of nitrogens with one attached hydrogen (secondary N) is 3. The van der Waals surface area contributed by atoms with Gasteiger partial charge in [0.1, 0.15) is 12.6 Å². The monoisotopic (exact) mass is 532 g/mol. The molecule has 2 aromatic heterocycles. The van der Waals surface area contributed by atoms with E-state index in [2.05, 4.69) is 30.4 Å². The molecule has 2 aromatic carbocycles. The standard InChI is InChI=1S/C28H29ClN6O3/c1-18-12-22(20(3)35(18)26-11-7-10-24(29)19(26)2)14-32-34-27(36)25(13-23-15-30-17-31-23)33-28(37)38-16-21-8-5-4-6-9-21/h4-12,14-15,17,25H,13,16H2,1-3H3,(H,30,31)(H,33,37)(H,34,36)/b32-14-/t25-/m1/s1. The minimum Gasteiger partial charge on any atom is -0.445 e. The van der Waals surface area contributed by atoms with Crippen molar-refractivity contribution in [3.8, 4) is 5.69 Å². The normalized spacial score (nSPS) is 11.9. The second-order valence-corrected chi connectivity index (χ2v) is 9.23. The van der Waals surface area contributed by atoms with Gasteiger partial charge >= 0.3 is 6.09 Å². The lowest BCUT2D eigenvalue weighted by atomic mass is 10.1. The molecule has 0 radical (unpaired) electrons. The zero-order valence-corrected chi connectivity index (χ0v) is 22.1. The molecule has 2 amide bonds. The molecule has 2 heterocycles. The van der Waals surface area contributed by atoms with E-state index in [4.69, 9.17) is 16.3 Å². The van der Waals surface area contributed by atoms with Crippen LogP contribution in [0, 0.1) is 20.8 Å². The molecular formula is C28H29ClN6O3. The smallest absolute Gasteiger partial charge is 0.408 e. The van der Waals surface area contributed by atoms with Gasteiger partial charge in [-0.15, -0.1) is 0 Å². The second kappa shape index (κ2) is 12.2. The van der Waals surface area contributed by atoms with Gasteiger partial charge in [-0.05, 0) is 50.1 Å². The van der Waals surface area contributed by atoms with Crippen LogP contribution in [0.4, 0.5) is 4.79 Å². The van der Waals surface area contributed by atoms with Crippen molar-refractivity contribution in [2.45, 2.75) is 39.8 Å². The number of hydrogen-bond donors (Lipinski definition) is 3. The zero-order valence-electron chi connectivity index (χ0n) is 21.4. The van der Waals surface area contributed by atoms with E-state index in [1.807, 2.05) is 75.4 Å². The summed E-state index contributed by atoms with van der Waals surface area (Å²) in [7, 11) is 0. The van der Waals surface area contributed by atoms with E-state index >= 15 is 0 Å². The molecule has 9 nitrogen and oxygen atoms in total. The molecule has 0 aliphatic heterocycles. The summed E-state index contributed by atoms with van der Waals surface area (Å²) in [6.45, 7) is 6.03. The van der Waals surface area contributed by atoms with Crippen molar-refractivity contribution in [1.82, 2.24) is 25.3 Å². The van der Waals surface area contributed by atoms with E-state index < -0.39 is 18.0 Å². The lowest BCUT2D eigenvalue weighted by molar-refractivity contribution is -0.123. The maximum absolute atomic E-state index is 13.0. The number of carbonyl (C=O) groups excluding carboxylic acids is 2. The fourth-order valence-electron chi connectivity index (χ4n) is 4.10. The molecule has 1 atom stereocenters. The van der Waals surface area contributed by atoms with Gasteiger partial charge in [0, 0.05) is 46.0 Å². The molecule has 0 saturated carbocycles. The molecule has 0 unspecified atom stereocenters. The van der Waals surface area contributed by atoms with Crippen molar-refractivity contribution in [2.24, 2.45) is 5.10 Å². The first-order chi connectivity index (χ1) is 18.3. The molecule has 4 aromatic rings. The van der Waals surface area contributed by atoms with Gasteiger partial charge in [-0.3, -0.25) is 4.79 Å². The summed E-state index contributed by atoms with van der Waals surface area (Å²) in [4.78, 5) is 32.3. The van der Waals surface area contributed by atoms with Gasteiger partial charge in [-0.2, -0.15) is 5.10 Å². The Morgan fingerprint density at radius 1 is 1.16 bits per heavy atom. The number of aromatic nitrogens is 3. The fraction of sp³-hybridized carbons (Fsp3) is 0.214. The van der Waals surface area contributed by atoms with Crippen LogP contribution in [0.3, 0.4) is 0 Å². The van der Waals surface area contributed by atoms with E-state index in [0.29, 0.717) is 10.7 Å². The topological polar surface area (TPSA) is 113 Å². The average Bonchev–Trinajstić information content (AvgIpc) is 3.52. The van der Waals surface area contributed by atoms with Crippen LogP contribution in [0.5, 0.6) is 0 Å². The number of rotatable bonds is 9. The number of aryl methyl sites for hydroxylation is 1. The number of hydrogen-bond acceptors (Lipinski definition) is 5. The lowest BCUT2D eigenvalue weighted by Gasteiger charge is -2.16. The number of aromatic amines is 1. The molecule has 38 heavy (non-hydrogen) atoms. The van der Waals surface area contributed by atoms with Crippen molar-refractivity contribution in [1.29, 1.82) is 0 Å². The summed E-state index contributed by atoms with van der Waals surface area (Å²) in [5.74, 6) is -0.494. The number of halogens is 1. The number of nitrogens with zero attached hydrogens (tertiary/aromatic N) is 3. The van der Waals surface area contributed by atoms with E-state index in [9.17, 15) is 9.59 Å². The summed E-state index contributed by atoms with van der Waals surface area (Å²) in [6, 6.07) is 16.1. The number of benzene rings is 2. The maximum Gasteiger partial charge on any atom is 0.408 e. The third kappa shape index (κ3) is 6.49. The van der Waals surface area contributed by atoms with Crippen LogP contribution in [0.15, 0.2) is 72.2 Å². The number of hydrazone groups is 1. The van der Waals surface area contributed by atoms with Gasteiger partial charge in [0.15, 0.2) is 0 Å². The number of H-pyrrole nitrogens is 1. The van der Waals surface area contributed by atoms with E-state index in [1.54, 1.807) is 12.4 Å². The molecule has 0 saturated heterocycles. The first kappa shape index (κ1) is 26.7. The van der Waals surface area contributed by atoms with E-state index in [-0.39, 0.29) is 13.0 Å². The molecule has 3 N–H and O–H groups in total.